The smallest absolute Gasteiger partial charge is 0.00199 e. The van der Waals surface area contributed by atoms with Crippen LogP contribution in [0.4, 0.5) is 0 Å². The van der Waals surface area contributed by atoms with Gasteiger partial charge in [0.25, 0.3) is 0 Å². The van der Waals surface area contributed by atoms with Crippen LogP contribution >= 0.6 is 0 Å². The number of rotatable bonds is 1. The first-order valence-electron chi connectivity index (χ1n) is 16.9. The van der Waals surface area contributed by atoms with E-state index < -0.39 is 0 Å². The Labute approximate surface area is 275 Å². The number of hydrogen-bond donors (Lipinski definition) is 0. The van der Waals surface area contributed by atoms with E-state index in [1.54, 1.807) is 0 Å². The van der Waals surface area contributed by atoms with Crippen molar-refractivity contribution in [2.75, 3.05) is 0 Å². The molecule has 0 unspecified atom stereocenters. The summed E-state index contributed by atoms with van der Waals surface area (Å²) < 4.78 is 0. The molecule has 0 saturated carbocycles. The lowest BCUT2D eigenvalue weighted by Crippen LogP contribution is -1.91. The molecule has 0 spiro atoms. The van der Waals surface area contributed by atoms with Crippen molar-refractivity contribution in [2.24, 2.45) is 0 Å². The molecule has 0 nitrogen and oxygen atoms in total. The zero-order chi connectivity index (χ0) is 31.1. The highest BCUT2D eigenvalue weighted by molar-refractivity contribution is 6.39. The van der Waals surface area contributed by atoms with E-state index >= 15 is 0 Å². The Morgan fingerprint density at radius 2 is 0.458 bits per heavy atom. The molecular formula is C48H26. The van der Waals surface area contributed by atoms with E-state index in [4.69, 9.17) is 0 Å². The van der Waals surface area contributed by atoms with Crippen molar-refractivity contribution in [1.29, 1.82) is 0 Å². The summed E-state index contributed by atoms with van der Waals surface area (Å²) in [5.74, 6) is 0. The van der Waals surface area contributed by atoms with E-state index in [0.717, 1.165) is 0 Å². The SMILES string of the molecule is c1cc(-c2cccc3c2cc2c4cccc5cccc(c6cccc3c62)c54)c2cc3c4cccc5cccc(c6cccc(c2c1)c63)c54. The molecule has 0 atom stereocenters. The molecule has 218 valence electrons. The Bertz CT molecular complexity index is 3090. The molecule has 0 heterocycles. The minimum absolute atomic E-state index is 1.28. The second-order valence-corrected chi connectivity index (χ2v) is 13.5. The van der Waals surface area contributed by atoms with Gasteiger partial charge in [-0.2, -0.15) is 0 Å². The van der Waals surface area contributed by atoms with Gasteiger partial charge in [0.05, 0.1) is 0 Å². The van der Waals surface area contributed by atoms with Gasteiger partial charge in [-0.15, -0.1) is 0 Å². The van der Waals surface area contributed by atoms with Crippen LogP contribution in [-0.4, -0.2) is 0 Å². The Hall–Kier alpha value is -6.24. The minimum atomic E-state index is 1.28. The summed E-state index contributed by atoms with van der Waals surface area (Å²) in [6, 6.07) is 59.5. The third kappa shape index (κ3) is 2.97. The average Bonchev–Trinajstić information content (AvgIpc) is 3.15. The largest absolute Gasteiger partial charge is 0.0610 e. The molecule has 0 amide bonds. The van der Waals surface area contributed by atoms with Crippen molar-refractivity contribution in [2.45, 2.75) is 0 Å². The van der Waals surface area contributed by atoms with Crippen LogP contribution in [0.25, 0.3) is 119 Å². The molecule has 12 aromatic carbocycles. The number of hydrogen-bond acceptors (Lipinski definition) is 0. The lowest BCUT2D eigenvalue weighted by molar-refractivity contribution is 1.72. The lowest BCUT2D eigenvalue weighted by Gasteiger charge is -2.19. The third-order valence-corrected chi connectivity index (χ3v) is 11.3. The van der Waals surface area contributed by atoms with Gasteiger partial charge in [-0.3, -0.25) is 0 Å². The molecule has 12 rings (SSSR count). The Kier molecular flexibility index (Phi) is 4.55. The summed E-state index contributed by atoms with van der Waals surface area (Å²) in [4.78, 5) is 0. The first kappa shape index (κ1) is 24.9. The highest BCUT2D eigenvalue weighted by atomic mass is 14.2. The molecule has 0 fully saturated rings. The Morgan fingerprint density at radius 3 is 0.854 bits per heavy atom. The van der Waals surface area contributed by atoms with Gasteiger partial charge in [0.15, 0.2) is 0 Å². The van der Waals surface area contributed by atoms with E-state index in [-0.39, 0.29) is 0 Å². The average molecular weight is 603 g/mol. The summed E-state index contributed by atoms with van der Waals surface area (Å²) in [7, 11) is 0. The standard InChI is InChI=1S/C48H26/c1-9-27-11-3-19-39-43-25-41-29(13-5-15-31(41)33-21-7-23-37(47(33)43)35(17-1)45(27)39)30-14-6-16-32-34-22-8-24-38-36-18-2-10-28-12-4-20-40(46(28)36)44(48(34)38)26-42(30)32/h1-26H. The topological polar surface area (TPSA) is 0 Å². The monoisotopic (exact) mass is 602 g/mol. The number of benzene rings is 12. The van der Waals surface area contributed by atoms with Gasteiger partial charge in [0, 0.05) is 0 Å². The Balaban J connectivity index is 1.27. The molecule has 0 bridgehead atoms. The molecule has 0 heteroatoms. The van der Waals surface area contributed by atoms with Crippen LogP contribution in [0.5, 0.6) is 0 Å². The fraction of sp³-hybridized carbons (Fsp3) is 0. The van der Waals surface area contributed by atoms with E-state index in [1.807, 2.05) is 0 Å². The maximum atomic E-state index is 2.49. The highest BCUT2D eigenvalue weighted by Gasteiger charge is 2.19. The first-order valence-corrected chi connectivity index (χ1v) is 16.9. The molecule has 48 heavy (non-hydrogen) atoms. The Morgan fingerprint density at radius 1 is 0.188 bits per heavy atom. The summed E-state index contributed by atoms with van der Waals surface area (Å²) in [5.41, 5.74) is 2.56. The van der Waals surface area contributed by atoms with E-state index in [9.17, 15) is 0 Å². The van der Waals surface area contributed by atoms with Crippen LogP contribution in [0.2, 0.25) is 0 Å². The van der Waals surface area contributed by atoms with Gasteiger partial charge >= 0.3 is 0 Å². The van der Waals surface area contributed by atoms with E-state index in [2.05, 4.69) is 158 Å². The van der Waals surface area contributed by atoms with Crippen molar-refractivity contribution < 1.29 is 0 Å². The molecule has 12 aromatic rings. The third-order valence-electron chi connectivity index (χ3n) is 11.3. The van der Waals surface area contributed by atoms with Gasteiger partial charge in [-0.1, -0.05) is 146 Å². The van der Waals surface area contributed by atoms with Gasteiger partial charge in [-0.05, 0) is 131 Å². The minimum Gasteiger partial charge on any atom is -0.0610 e. The molecule has 0 aliphatic rings. The molecule has 0 aliphatic heterocycles. The van der Waals surface area contributed by atoms with Crippen molar-refractivity contribution in [3.05, 3.63) is 158 Å². The maximum absolute atomic E-state index is 2.49. The van der Waals surface area contributed by atoms with E-state index in [0.29, 0.717) is 0 Å². The van der Waals surface area contributed by atoms with Crippen molar-refractivity contribution in [3.63, 3.8) is 0 Å². The first-order chi connectivity index (χ1) is 23.8. The van der Waals surface area contributed by atoms with Crippen LogP contribution in [0.3, 0.4) is 0 Å². The highest BCUT2D eigenvalue weighted by Crippen LogP contribution is 2.47. The zero-order valence-corrected chi connectivity index (χ0v) is 26.0. The van der Waals surface area contributed by atoms with Crippen molar-refractivity contribution >= 4 is 108 Å². The molecule has 0 N–H and O–H groups in total. The molecule has 0 radical (unpaired) electrons. The second kappa shape index (κ2) is 8.76. The predicted molar refractivity (Wildman–Crippen MR) is 209 cm³/mol. The molecule has 0 saturated heterocycles. The molecule has 0 aliphatic carbocycles. The molecular weight excluding hydrogens is 577 g/mol. The summed E-state index contributed by atoms with van der Waals surface area (Å²) in [5, 5.41) is 26.6. The van der Waals surface area contributed by atoms with Crippen LogP contribution in [0.15, 0.2) is 158 Å². The van der Waals surface area contributed by atoms with Crippen LogP contribution < -0.4 is 0 Å². The predicted octanol–water partition coefficient (Wildman–Crippen LogP) is 13.8. The maximum Gasteiger partial charge on any atom is -0.00199 e. The number of fused-ring (bicyclic) bond motifs is 8. The van der Waals surface area contributed by atoms with Crippen molar-refractivity contribution in [1.82, 2.24) is 0 Å². The van der Waals surface area contributed by atoms with Gasteiger partial charge in [-0.25, -0.2) is 0 Å². The second-order valence-electron chi connectivity index (χ2n) is 13.5. The lowest BCUT2D eigenvalue weighted by atomic mass is 9.84. The fourth-order valence-electron chi connectivity index (χ4n) is 9.40. The van der Waals surface area contributed by atoms with Crippen LogP contribution in [-0.2, 0) is 0 Å². The quantitative estimate of drug-likeness (QED) is 0.130. The zero-order valence-electron chi connectivity index (χ0n) is 26.0. The normalized spacial score (nSPS) is 12.6. The van der Waals surface area contributed by atoms with Crippen LogP contribution in [0, 0.1) is 0 Å². The van der Waals surface area contributed by atoms with Crippen LogP contribution in [0.1, 0.15) is 0 Å². The summed E-state index contributed by atoms with van der Waals surface area (Å²) in [6.45, 7) is 0. The summed E-state index contributed by atoms with van der Waals surface area (Å²) in [6.07, 6.45) is 0. The van der Waals surface area contributed by atoms with E-state index in [1.165, 1.54) is 119 Å². The van der Waals surface area contributed by atoms with Crippen molar-refractivity contribution in [3.8, 4) is 11.1 Å². The van der Waals surface area contributed by atoms with Gasteiger partial charge < -0.3 is 0 Å². The fourth-order valence-corrected chi connectivity index (χ4v) is 9.40. The summed E-state index contributed by atoms with van der Waals surface area (Å²) >= 11 is 0. The molecule has 0 aromatic heterocycles. The van der Waals surface area contributed by atoms with Gasteiger partial charge in [0.2, 0.25) is 0 Å². The van der Waals surface area contributed by atoms with Gasteiger partial charge in [0.1, 0.15) is 0 Å².